The lowest BCUT2D eigenvalue weighted by atomic mass is 10.1. The summed E-state index contributed by atoms with van der Waals surface area (Å²) >= 11 is 11.9. The zero-order valence-electron chi connectivity index (χ0n) is 7.88. The summed E-state index contributed by atoms with van der Waals surface area (Å²) in [5, 5.41) is 0. The van der Waals surface area contributed by atoms with Crippen LogP contribution in [0.3, 0.4) is 0 Å². The first-order chi connectivity index (χ1) is 7.59. The Kier molecular flexibility index (Phi) is 4.21. The monoisotopic (exact) mass is 426 g/mol. The Hall–Kier alpha value is 0.290. The van der Waals surface area contributed by atoms with E-state index in [1.54, 1.807) is 17.4 Å². The summed E-state index contributed by atoms with van der Waals surface area (Å²) in [4.78, 5) is 0.942. The molecule has 0 fully saturated rings. The number of hydrogen-bond donors (Lipinski definition) is 0. The van der Waals surface area contributed by atoms with Crippen LogP contribution in [0, 0.1) is 5.82 Å². The standard InChI is InChI=1S/C11H6Br3FS/c12-6-2-1-3-7(15)10(6)11(14)8-4-5-9(13)16-8/h1-5,11H. The van der Waals surface area contributed by atoms with Crippen molar-refractivity contribution in [1.29, 1.82) is 0 Å². The second kappa shape index (κ2) is 5.29. The summed E-state index contributed by atoms with van der Waals surface area (Å²) in [6, 6.07) is 8.94. The number of hydrogen-bond acceptors (Lipinski definition) is 1. The van der Waals surface area contributed by atoms with Gasteiger partial charge in [-0.15, -0.1) is 11.3 Å². The van der Waals surface area contributed by atoms with E-state index in [1.165, 1.54) is 6.07 Å². The topological polar surface area (TPSA) is 0 Å². The molecule has 1 atom stereocenters. The highest BCUT2D eigenvalue weighted by Gasteiger charge is 2.19. The fraction of sp³-hybridized carbons (Fsp3) is 0.0909. The Morgan fingerprint density at radius 3 is 2.44 bits per heavy atom. The van der Waals surface area contributed by atoms with E-state index in [0.717, 1.165) is 13.1 Å². The van der Waals surface area contributed by atoms with E-state index in [1.807, 2.05) is 18.2 Å². The van der Waals surface area contributed by atoms with Gasteiger partial charge in [0.1, 0.15) is 5.82 Å². The van der Waals surface area contributed by atoms with Gasteiger partial charge in [0.15, 0.2) is 0 Å². The fourth-order valence-corrected chi connectivity index (χ4v) is 4.55. The van der Waals surface area contributed by atoms with Crippen LogP contribution >= 0.6 is 59.1 Å². The molecule has 2 rings (SSSR count). The maximum Gasteiger partial charge on any atom is 0.129 e. The molecule has 0 spiro atoms. The Morgan fingerprint density at radius 2 is 1.88 bits per heavy atom. The minimum Gasteiger partial charge on any atom is -0.207 e. The van der Waals surface area contributed by atoms with Crippen LogP contribution in [0.5, 0.6) is 0 Å². The first-order valence-electron chi connectivity index (χ1n) is 4.43. The average molecular weight is 429 g/mol. The molecule has 1 heterocycles. The summed E-state index contributed by atoms with van der Waals surface area (Å²) < 4.78 is 15.5. The van der Waals surface area contributed by atoms with Crippen molar-refractivity contribution in [2.24, 2.45) is 0 Å². The Bertz CT molecular complexity index is 489. The molecular weight excluding hydrogens is 423 g/mol. The molecule has 0 aliphatic rings. The molecule has 16 heavy (non-hydrogen) atoms. The highest BCUT2D eigenvalue weighted by molar-refractivity contribution is 9.11. The molecule has 1 aromatic carbocycles. The minimum absolute atomic E-state index is 0.126. The van der Waals surface area contributed by atoms with Crippen LogP contribution in [-0.4, -0.2) is 0 Å². The van der Waals surface area contributed by atoms with Crippen LogP contribution in [-0.2, 0) is 0 Å². The van der Waals surface area contributed by atoms with Crippen LogP contribution in [0.15, 0.2) is 38.6 Å². The van der Waals surface area contributed by atoms with Crippen LogP contribution in [0.25, 0.3) is 0 Å². The summed E-state index contributed by atoms with van der Waals surface area (Å²) in [5.74, 6) is -0.208. The summed E-state index contributed by atoms with van der Waals surface area (Å²) in [7, 11) is 0. The number of rotatable bonds is 2. The zero-order chi connectivity index (χ0) is 11.7. The molecule has 2 aromatic rings. The summed E-state index contributed by atoms with van der Waals surface area (Å²) in [6.07, 6.45) is 0. The van der Waals surface area contributed by atoms with Gasteiger partial charge in [-0.1, -0.05) is 37.9 Å². The molecule has 0 nitrogen and oxygen atoms in total. The van der Waals surface area contributed by atoms with Crippen molar-refractivity contribution in [3.63, 3.8) is 0 Å². The van der Waals surface area contributed by atoms with E-state index in [9.17, 15) is 4.39 Å². The van der Waals surface area contributed by atoms with Crippen molar-refractivity contribution in [2.75, 3.05) is 0 Å². The summed E-state index contributed by atoms with van der Waals surface area (Å²) in [6.45, 7) is 0. The summed E-state index contributed by atoms with van der Waals surface area (Å²) in [5.41, 5.74) is 0.636. The highest BCUT2D eigenvalue weighted by Crippen LogP contribution is 2.40. The van der Waals surface area contributed by atoms with Crippen molar-refractivity contribution in [2.45, 2.75) is 4.83 Å². The molecule has 5 heteroatoms. The molecule has 1 unspecified atom stereocenters. The van der Waals surface area contributed by atoms with E-state index in [2.05, 4.69) is 47.8 Å². The number of benzene rings is 1. The third-order valence-corrected chi connectivity index (χ3v) is 5.73. The van der Waals surface area contributed by atoms with Crippen molar-refractivity contribution in [3.8, 4) is 0 Å². The van der Waals surface area contributed by atoms with Gasteiger partial charge in [-0.25, -0.2) is 4.39 Å². The Labute approximate surface area is 122 Å². The smallest absolute Gasteiger partial charge is 0.129 e. The van der Waals surface area contributed by atoms with Crippen LogP contribution < -0.4 is 0 Å². The lowest BCUT2D eigenvalue weighted by Gasteiger charge is -2.11. The SMILES string of the molecule is Fc1cccc(Br)c1C(Br)c1ccc(Br)s1. The van der Waals surface area contributed by atoms with Crippen molar-refractivity contribution < 1.29 is 4.39 Å². The Morgan fingerprint density at radius 1 is 1.12 bits per heavy atom. The van der Waals surface area contributed by atoms with Gasteiger partial charge in [0.2, 0.25) is 0 Å². The molecule has 0 amide bonds. The predicted octanol–water partition coefficient (Wildman–Crippen LogP) is 5.90. The number of halogens is 4. The van der Waals surface area contributed by atoms with Gasteiger partial charge in [-0.2, -0.15) is 0 Å². The Balaban J connectivity index is 2.45. The molecule has 0 saturated heterocycles. The molecule has 0 bridgehead atoms. The second-order valence-electron chi connectivity index (χ2n) is 3.14. The fourth-order valence-electron chi connectivity index (χ4n) is 1.36. The van der Waals surface area contributed by atoms with Gasteiger partial charge in [0.05, 0.1) is 8.61 Å². The lowest BCUT2D eigenvalue weighted by molar-refractivity contribution is 0.612. The maximum atomic E-state index is 13.7. The van der Waals surface area contributed by atoms with Gasteiger partial charge in [0, 0.05) is 14.9 Å². The van der Waals surface area contributed by atoms with Gasteiger partial charge in [0.25, 0.3) is 0 Å². The third kappa shape index (κ3) is 2.58. The quantitative estimate of drug-likeness (QED) is 0.522. The van der Waals surface area contributed by atoms with E-state index in [4.69, 9.17) is 0 Å². The van der Waals surface area contributed by atoms with E-state index in [0.29, 0.717) is 5.56 Å². The van der Waals surface area contributed by atoms with Gasteiger partial charge >= 0.3 is 0 Å². The first-order valence-corrected chi connectivity index (χ1v) is 7.74. The van der Waals surface area contributed by atoms with Crippen LogP contribution in [0.1, 0.15) is 15.3 Å². The molecule has 0 radical (unpaired) electrons. The van der Waals surface area contributed by atoms with Crippen LogP contribution in [0.4, 0.5) is 4.39 Å². The van der Waals surface area contributed by atoms with E-state index < -0.39 is 0 Å². The van der Waals surface area contributed by atoms with Crippen molar-refractivity contribution in [3.05, 3.63) is 54.8 Å². The molecule has 1 aromatic heterocycles. The van der Waals surface area contributed by atoms with Gasteiger partial charge < -0.3 is 0 Å². The lowest BCUT2D eigenvalue weighted by Crippen LogP contribution is -1.95. The molecule has 0 aliphatic heterocycles. The number of alkyl halides is 1. The van der Waals surface area contributed by atoms with Crippen molar-refractivity contribution >= 4 is 59.1 Å². The van der Waals surface area contributed by atoms with Crippen molar-refractivity contribution in [1.82, 2.24) is 0 Å². The van der Waals surface area contributed by atoms with E-state index in [-0.39, 0.29) is 10.6 Å². The molecular formula is C11H6Br3FS. The molecule has 0 aliphatic carbocycles. The third-order valence-electron chi connectivity index (χ3n) is 2.10. The zero-order valence-corrected chi connectivity index (χ0v) is 13.5. The van der Waals surface area contributed by atoms with Gasteiger partial charge in [-0.3, -0.25) is 0 Å². The molecule has 0 saturated carbocycles. The minimum atomic E-state index is -0.208. The second-order valence-corrected chi connectivity index (χ2v) is 7.40. The largest absolute Gasteiger partial charge is 0.207 e. The maximum absolute atomic E-state index is 13.7. The predicted molar refractivity (Wildman–Crippen MR) is 76.9 cm³/mol. The molecule has 84 valence electrons. The molecule has 0 N–H and O–H groups in total. The van der Waals surface area contributed by atoms with E-state index >= 15 is 0 Å². The first kappa shape index (κ1) is 12.7. The van der Waals surface area contributed by atoms with Crippen LogP contribution in [0.2, 0.25) is 0 Å². The van der Waals surface area contributed by atoms with Gasteiger partial charge in [-0.05, 0) is 40.2 Å². The number of thiophene rings is 1. The average Bonchev–Trinajstić information content (AvgIpc) is 2.64. The normalized spacial score (nSPS) is 12.8. The highest BCUT2D eigenvalue weighted by atomic mass is 79.9.